The van der Waals surface area contributed by atoms with E-state index in [4.69, 9.17) is 0 Å². The molecule has 0 amide bonds. The Bertz CT molecular complexity index is 761. The molecule has 0 radical (unpaired) electrons. The molecular weight excluding hydrogens is 482 g/mol. The molecule has 28 heavy (non-hydrogen) atoms. The molecule has 2 aromatic rings. The van der Waals surface area contributed by atoms with Gasteiger partial charge in [-0.1, -0.05) is 12.1 Å². The van der Waals surface area contributed by atoms with E-state index in [0.29, 0.717) is 25.6 Å². The van der Waals surface area contributed by atoms with Crippen LogP contribution in [0.3, 0.4) is 0 Å². The number of alkyl halides is 3. The summed E-state index contributed by atoms with van der Waals surface area (Å²) in [6, 6.07) is 8.96. The molecule has 9 heteroatoms. The van der Waals surface area contributed by atoms with Crippen LogP contribution in [0.4, 0.5) is 19.0 Å². The van der Waals surface area contributed by atoms with Crippen LogP contribution >= 0.6 is 24.0 Å². The third-order valence-electron chi connectivity index (χ3n) is 3.77. The highest BCUT2D eigenvalue weighted by Gasteiger charge is 2.29. The van der Waals surface area contributed by atoms with Crippen LogP contribution in [0.25, 0.3) is 0 Å². The first-order valence-electron chi connectivity index (χ1n) is 8.60. The summed E-state index contributed by atoms with van der Waals surface area (Å²) in [7, 11) is 3.84. The van der Waals surface area contributed by atoms with Crippen molar-refractivity contribution in [3.05, 3.63) is 59.3 Å². The maximum absolute atomic E-state index is 12.6. The number of aliphatic imine (C=N–C) groups is 1. The van der Waals surface area contributed by atoms with Crippen molar-refractivity contribution in [1.29, 1.82) is 0 Å². The molecule has 0 fully saturated rings. The molecule has 0 unspecified atom stereocenters. The van der Waals surface area contributed by atoms with Crippen molar-refractivity contribution < 1.29 is 13.2 Å². The van der Waals surface area contributed by atoms with E-state index in [2.05, 4.69) is 20.6 Å². The summed E-state index contributed by atoms with van der Waals surface area (Å²) in [5.74, 6) is 1.45. The van der Waals surface area contributed by atoms with E-state index < -0.39 is 11.7 Å². The Morgan fingerprint density at radius 2 is 1.75 bits per heavy atom. The minimum Gasteiger partial charge on any atom is -0.363 e. The third kappa shape index (κ3) is 7.53. The van der Waals surface area contributed by atoms with Gasteiger partial charge in [0, 0.05) is 33.4 Å². The second kappa shape index (κ2) is 11.1. The Morgan fingerprint density at radius 3 is 2.32 bits per heavy atom. The highest BCUT2D eigenvalue weighted by Crippen LogP contribution is 2.29. The van der Waals surface area contributed by atoms with E-state index in [0.717, 1.165) is 29.1 Å². The smallest absolute Gasteiger partial charge is 0.363 e. The number of hydrogen-bond donors (Lipinski definition) is 2. The van der Waals surface area contributed by atoms with Crippen molar-refractivity contribution in [1.82, 2.24) is 15.6 Å². The lowest BCUT2D eigenvalue weighted by Crippen LogP contribution is -2.36. The molecule has 0 saturated carbocycles. The lowest BCUT2D eigenvalue weighted by molar-refractivity contribution is -0.137. The molecule has 1 aromatic carbocycles. The lowest BCUT2D eigenvalue weighted by atomic mass is 10.1. The quantitative estimate of drug-likeness (QED) is 0.352. The molecule has 2 N–H and O–H groups in total. The van der Waals surface area contributed by atoms with Gasteiger partial charge in [0.25, 0.3) is 0 Å². The second-order valence-electron chi connectivity index (χ2n) is 6.16. The van der Waals surface area contributed by atoms with E-state index in [9.17, 15) is 13.2 Å². The Kier molecular flexibility index (Phi) is 9.50. The first kappa shape index (κ1) is 24.0. The third-order valence-corrected chi connectivity index (χ3v) is 3.77. The summed E-state index contributed by atoms with van der Waals surface area (Å²) in [5.41, 5.74) is 1.11. The monoisotopic (exact) mass is 507 g/mol. The van der Waals surface area contributed by atoms with Gasteiger partial charge in [0.2, 0.25) is 0 Å². The summed E-state index contributed by atoms with van der Waals surface area (Å²) in [6.45, 7) is 3.47. The molecule has 0 spiro atoms. The van der Waals surface area contributed by atoms with E-state index in [1.54, 1.807) is 6.20 Å². The van der Waals surface area contributed by atoms with Crippen LogP contribution in [0.15, 0.2) is 47.6 Å². The van der Waals surface area contributed by atoms with Gasteiger partial charge in [0.1, 0.15) is 5.82 Å². The second-order valence-corrected chi connectivity index (χ2v) is 6.16. The molecule has 0 aliphatic carbocycles. The van der Waals surface area contributed by atoms with Gasteiger partial charge >= 0.3 is 6.18 Å². The van der Waals surface area contributed by atoms with Crippen LogP contribution in [0.5, 0.6) is 0 Å². The topological polar surface area (TPSA) is 52.6 Å². The maximum Gasteiger partial charge on any atom is 0.416 e. The van der Waals surface area contributed by atoms with Gasteiger partial charge in [0.15, 0.2) is 5.96 Å². The van der Waals surface area contributed by atoms with Crippen LogP contribution in [0, 0.1) is 0 Å². The zero-order chi connectivity index (χ0) is 19.9. The van der Waals surface area contributed by atoms with Crippen molar-refractivity contribution in [2.45, 2.75) is 26.2 Å². The number of aromatic nitrogens is 1. The summed E-state index contributed by atoms with van der Waals surface area (Å²) in [5, 5.41) is 6.26. The van der Waals surface area contributed by atoms with Gasteiger partial charge in [-0.15, -0.1) is 24.0 Å². The number of pyridine rings is 1. The SMILES string of the molecule is CCNC(=NCc1ccnc(N(C)C)c1)NCc1ccc(C(F)(F)F)cc1.I. The molecule has 154 valence electrons. The number of anilines is 1. The highest BCUT2D eigenvalue weighted by atomic mass is 127. The average molecular weight is 507 g/mol. The average Bonchev–Trinajstić information content (AvgIpc) is 2.64. The highest BCUT2D eigenvalue weighted by molar-refractivity contribution is 14.0. The molecule has 0 aliphatic heterocycles. The summed E-state index contributed by atoms with van der Waals surface area (Å²) >= 11 is 0. The Labute approximate surface area is 180 Å². The molecule has 0 aliphatic rings. The fourth-order valence-corrected chi connectivity index (χ4v) is 2.31. The number of nitrogens with zero attached hydrogens (tertiary/aromatic N) is 3. The number of benzene rings is 1. The van der Waals surface area contributed by atoms with E-state index in [1.165, 1.54) is 12.1 Å². The number of rotatable bonds is 6. The molecule has 0 atom stereocenters. The fourth-order valence-electron chi connectivity index (χ4n) is 2.31. The molecule has 5 nitrogen and oxygen atoms in total. The number of hydrogen-bond acceptors (Lipinski definition) is 3. The predicted octanol–water partition coefficient (Wildman–Crippen LogP) is 4.04. The van der Waals surface area contributed by atoms with Crippen LogP contribution in [-0.4, -0.2) is 31.6 Å². The van der Waals surface area contributed by atoms with Crippen molar-refractivity contribution in [2.75, 3.05) is 25.5 Å². The van der Waals surface area contributed by atoms with E-state index >= 15 is 0 Å². The zero-order valence-corrected chi connectivity index (χ0v) is 18.4. The summed E-state index contributed by atoms with van der Waals surface area (Å²) in [4.78, 5) is 10.7. The van der Waals surface area contributed by atoms with Crippen LogP contribution in [0.2, 0.25) is 0 Å². The van der Waals surface area contributed by atoms with Crippen LogP contribution in [-0.2, 0) is 19.3 Å². The number of halogens is 4. The molecule has 1 heterocycles. The minimum atomic E-state index is -4.32. The Balaban J connectivity index is 0.00000392. The first-order valence-corrected chi connectivity index (χ1v) is 8.60. The van der Waals surface area contributed by atoms with Crippen molar-refractivity contribution >= 4 is 35.8 Å². The standard InChI is InChI=1S/C19H24F3N5.HI/c1-4-23-18(26-13-15-9-10-24-17(11-15)27(2)3)25-12-14-5-7-16(8-6-14)19(20,21)22;/h5-11H,4,12-13H2,1-3H3,(H2,23,25,26);1H. The Hall–Kier alpha value is -2.04. The fraction of sp³-hybridized carbons (Fsp3) is 0.368. The van der Waals surface area contributed by atoms with Crippen LogP contribution in [0.1, 0.15) is 23.6 Å². The number of nitrogens with one attached hydrogen (secondary N) is 2. The van der Waals surface area contributed by atoms with Gasteiger partial charge in [-0.05, 0) is 42.3 Å². The van der Waals surface area contributed by atoms with Crippen molar-refractivity contribution in [3.8, 4) is 0 Å². The van der Waals surface area contributed by atoms with Gasteiger partial charge in [0.05, 0.1) is 12.1 Å². The molecule has 1 aromatic heterocycles. The Morgan fingerprint density at radius 1 is 1.07 bits per heavy atom. The molecule has 2 rings (SSSR count). The van der Waals surface area contributed by atoms with Crippen LogP contribution < -0.4 is 15.5 Å². The van der Waals surface area contributed by atoms with Crippen molar-refractivity contribution in [2.24, 2.45) is 4.99 Å². The van der Waals surface area contributed by atoms with Gasteiger partial charge in [-0.3, -0.25) is 0 Å². The summed E-state index contributed by atoms with van der Waals surface area (Å²) in [6.07, 6.45) is -2.58. The van der Waals surface area contributed by atoms with Crippen molar-refractivity contribution in [3.63, 3.8) is 0 Å². The maximum atomic E-state index is 12.6. The molecular formula is C19H25F3IN5. The number of guanidine groups is 1. The summed E-state index contributed by atoms with van der Waals surface area (Å²) < 4.78 is 37.9. The first-order chi connectivity index (χ1) is 12.8. The van der Waals surface area contributed by atoms with Gasteiger partial charge in [-0.25, -0.2) is 9.98 Å². The predicted molar refractivity (Wildman–Crippen MR) is 117 cm³/mol. The minimum absolute atomic E-state index is 0. The normalized spacial score (nSPS) is 11.6. The van der Waals surface area contributed by atoms with Gasteiger partial charge < -0.3 is 15.5 Å². The van der Waals surface area contributed by atoms with E-state index in [-0.39, 0.29) is 24.0 Å². The molecule has 0 saturated heterocycles. The zero-order valence-electron chi connectivity index (χ0n) is 16.0. The van der Waals surface area contributed by atoms with E-state index in [1.807, 2.05) is 38.1 Å². The lowest BCUT2D eigenvalue weighted by Gasteiger charge is -2.13. The largest absolute Gasteiger partial charge is 0.416 e. The van der Waals surface area contributed by atoms with Gasteiger partial charge in [-0.2, -0.15) is 13.2 Å². The molecule has 0 bridgehead atoms.